The summed E-state index contributed by atoms with van der Waals surface area (Å²) in [6.45, 7) is 1.01. The number of nitro benzene ring substituents is 1. The number of ether oxygens (including phenoxy) is 2. The zero-order valence-electron chi connectivity index (χ0n) is 20.7. The summed E-state index contributed by atoms with van der Waals surface area (Å²) in [4.78, 5) is 51.6. The molecule has 0 bridgehead atoms. The number of benzene rings is 2. The summed E-state index contributed by atoms with van der Waals surface area (Å²) in [7, 11) is 1.43. The number of hydrogen-bond donors (Lipinski definition) is 0. The molecular weight excluding hydrogens is 534 g/mol. The van der Waals surface area contributed by atoms with Crippen LogP contribution in [0.2, 0.25) is 5.02 Å². The van der Waals surface area contributed by atoms with Crippen LogP contribution in [0.3, 0.4) is 0 Å². The third-order valence-corrected chi connectivity index (χ3v) is 7.37. The van der Waals surface area contributed by atoms with Gasteiger partial charge in [0.2, 0.25) is 5.91 Å². The van der Waals surface area contributed by atoms with Gasteiger partial charge in [-0.3, -0.25) is 29.4 Å². The Kier molecular flexibility index (Phi) is 8.90. The van der Waals surface area contributed by atoms with E-state index in [0.717, 1.165) is 42.3 Å². The Hall–Kier alpha value is -3.57. The van der Waals surface area contributed by atoms with E-state index < -0.39 is 16.1 Å². The highest BCUT2D eigenvalue weighted by atomic mass is 35.5. The van der Waals surface area contributed by atoms with Gasteiger partial charge in [-0.15, -0.1) is 0 Å². The van der Waals surface area contributed by atoms with Crippen LogP contribution in [-0.2, 0) is 16.2 Å². The molecule has 0 aliphatic carbocycles. The van der Waals surface area contributed by atoms with Crippen LogP contribution in [0.25, 0.3) is 6.08 Å². The van der Waals surface area contributed by atoms with E-state index in [4.69, 9.17) is 21.1 Å². The van der Waals surface area contributed by atoms with Crippen molar-refractivity contribution in [1.82, 2.24) is 9.80 Å². The quantitative estimate of drug-likeness (QED) is 0.243. The first kappa shape index (κ1) is 27.5. The van der Waals surface area contributed by atoms with Gasteiger partial charge in [-0.05, 0) is 53.9 Å². The van der Waals surface area contributed by atoms with Crippen LogP contribution in [0.15, 0.2) is 41.3 Å². The van der Waals surface area contributed by atoms with Crippen molar-refractivity contribution in [3.05, 3.63) is 67.6 Å². The number of methoxy groups -OCH3 is 1. The molecule has 0 aromatic heterocycles. The van der Waals surface area contributed by atoms with Crippen molar-refractivity contribution in [1.29, 1.82) is 0 Å². The fourth-order valence-electron chi connectivity index (χ4n) is 4.22. The van der Waals surface area contributed by atoms with Gasteiger partial charge in [0.15, 0.2) is 11.5 Å². The van der Waals surface area contributed by atoms with Crippen molar-refractivity contribution in [3.8, 4) is 11.5 Å². The number of carbonyl (C=O) groups is 3. The van der Waals surface area contributed by atoms with Gasteiger partial charge in [0.1, 0.15) is 13.2 Å². The molecule has 38 heavy (non-hydrogen) atoms. The monoisotopic (exact) mass is 559 g/mol. The standard InChI is InChI=1S/C26H26ClN3O7S/c1-36-21-13-18(12-20(27)24(21)37-16-17-7-6-8-19(11-17)30(34)35)14-22-25(32)29(26(33)38-22)15-23(31)28-9-4-2-3-5-10-28/h6-8,11-14H,2-5,9-10,15-16H2,1H3. The van der Waals surface area contributed by atoms with E-state index in [9.17, 15) is 24.5 Å². The Morgan fingerprint density at radius 3 is 2.58 bits per heavy atom. The first-order chi connectivity index (χ1) is 18.3. The molecule has 0 radical (unpaired) electrons. The lowest BCUT2D eigenvalue weighted by Crippen LogP contribution is -2.42. The van der Waals surface area contributed by atoms with Crippen molar-refractivity contribution >= 4 is 52.2 Å². The van der Waals surface area contributed by atoms with E-state index in [2.05, 4.69) is 0 Å². The van der Waals surface area contributed by atoms with Crippen LogP contribution in [0.4, 0.5) is 10.5 Å². The van der Waals surface area contributed by atoms with Crippen molar-refractivity contribution in [3.63, 3.8) is 0 Å². The number of amides is 3. The molecule has 0 atom stereocenters. The number of thioether (sulfide) groups is 1. The summed E-state index contributed by atoms with van der Waals surface area (Å²) in [5.41, 5.74) is 1.02. The molecule has 2 fully saturated rings. The normalized spacial score (nSPS) is 17.1. The maximum Gasteiger partial charge on any atom is 0.294 e. The van der Waals surface area contributed by atoms with Gasteiger partial charge in [0, 0.05) is 25.2 Å². The molecule has 0 unspecified atom stereocenters. The van der Waals surface area contributed by atoms with E-state index in [0.29, 0.717) is 24.2 Å². The number of nitro groups is 1. The average Bonchev–Trinajstić information content (AvgIpc) is 3.08. The molecule has 200 valence electrons. The summed E-state index contributed by atoms with van der Waals surface area (Å²) in [5, 5.41) is 10.7. The molecule has 0 saturated carbocycles. The lowest BCUT2D eigenvalue weighted by atomic mass is 10.1. The molecule has 0 N–H and O–H groups in total. The Labute approximate surface area is 228 Å². The summed E-state index contributed by atoms with van der Waals surface area (Å²) >= 11 is 7.21. The largest absolute Gasteiger partial charge is 0.493 e. The first-order valence-corrected chi connectivity index (χ1v) is 13.2. The second kappa shape index (κ2) is 12.3. The number of imide groups is 1. The maximum absolute atomic E-state index is 13.0. The van der Waals surface area contributed by atoms with Gasteiger partial charge < -0.3 is 14.4 Å². The Morgan fingerprint density at radius 2 is 1.89 bits per heavy atom. The Morgan fingerprint density at radius 1 is 1.16 bits per heavy atom. The highest BCUT2D eigenvalue weighted by molar-refractivity contribution is 8.18. The molecule has 2 heterocycles. The van der Waals surface area contributed by atoms with Crippen LogP contribution < -0.4 is 9.47 Å². The highest BCUT2D eigenvalue weighted by Gasteiger charge is 2.37. The minimum absolute atomic E-state index is 0.0149. The minimum atomic E-state index is -0.538. The summed E-state index contributed by atoms with van der Waals surface area (Å²) in [6, 6.07) is 9.21. The van der Waals surface area contributed by atoms with Crippen LogP contribution in [0, 0.1) is 10.1 Å². The molecule has 2 saturated heterocycles. The molecule has 4 rings (SSSR count). The number of likely N-dealkylation sites (tertiary alicyclic amines) is 1. The number of carbonyl (C=O) groups excluding carboxylic acids is 3. The number of rotatable bonds is 8. The van der Waals surface area contributed by atoms with Gasteiger partial charge >= 0.3 is 0 Å². The Bertz CT molecular complexity index is 1290. The fraction of sp³-hybridized carbons (Fsp3) is 0.346. The van der Waals surface area contributed by atoms with Crippen LogP contribution >= 0.6 is 23.4 Å². The number of hydrogen-bond acceptors (Lipinski definition) is 8. The van der Waals surface area contributed by atoms with Crippen molar-refractivity contribution in [2.75, 3.05) is 26.7 Å². The molecule has 0 spiro atoms. The predicted molar refractivity (Wildman–Crippen MR) is 143 cm³/mol. The molecule has 2 aromatic rings. The van der Waals surface area contributed by atoms with E-state index in [-0.39, 0.29) is 46.2 Å². The number of nitrogens with zero attached hydrogens (tertiary/aromatic N) is 3. The van der Waals surface area contributed by atoms with Crippen LogP contribution in [0.1, 0.15) is 36.8 Å². The molecule has 2 aliphatic rings. The van der Waals surface area contributed by atoms with E-state index in [1.165, 1.54) is 25.3 Å². The summed E-state index contributed by atoms with van der Waals surface area (Å²) < 4.78 is 11.2. The molecule has 12 heteroatoms. The number of halogens is 1. The van der Waals surface area contributed by atoms with Crippen LogP contribution in [0.5, 0.6) is 11.5 Å². The third-order valence-electron chi connectivity index (χ3n) is 6.18. The van der Waals surface area contributed by atoms with E-state index in [1.807, 2.05) is 0 Å². The summed E-state index contributed by atoms with van der Waals surface area (Å²) in [6.07, 6.45) is 5.49. The fourth-order valence-corrected chi connectivity index (χ4v) is 5.33. The van der Waals surface area contributed by atoms with Crippen molar-refractivity contribution in [2.24, 2.45) is 0 Å². The average molecular weight is 560 g/mol. The predicted octanol–water partition coefficient (Wildman–Crippen LogP) is 5.27. The van der Waals surface area contributed by atoms with Gasteiger partial charge in [0.05, 0.1) is 22.0 Å². The third kappa shape index (κ3) is 6.46. The SMILES string of the molecule is COc1cc(C=C2SC(=O)N(CC(=O)N3CCCCCC3)C2=O)cc(Cl)c1OCc1cccc([N+](=O)[O-])c1. The lowest BCUT2D eigenvalue weighted by Gasteiger charge is -2.22. The Balaban J connectivity index is 1.47. The zero-order valence-corrected chi connectivity index (χ0v) is 22.3. The van der Waals surface area contributed by atoms with Crippen molar-refractivity contribution < 1.29 is 28.8 Å². The van der Waals surface area contributed by atoms with Gasteiger partial charge in [0.25, 0.3) is 16.8 Å². The second-order valence-corrected chi connectivity index (χ2v) is 10.2. The maximum atomic E-state index is 13.0. The number of non-ortho nitro benzene ring substituents is 1. The first-order valence-electron chi connectivity index (χ1n) is 12.0. The smallest absolute Gasteiger partial charge is 0.294 e. The summed E-state index contributed by atoms with van der Waals surface area (Å²) in [5.74, 6) is -0.256. The molecular formula is C26H26ClN3O7S. The topological polar surface area (TPSA) is 119 Å². The van der Waals surface area contributed by atoms with Gasteiger partial charge in [-0.25, -0.2) is 0 Å². The minimum Gasteiger partial charge on any atom is -0.493 e. The molecule has 2 aliphatic heterocycles. The van der Waals surface area contributed by atoms with E-state index in [1.54, 1.807) is 29.2 Å². The van der Waals surface area contributed by atoms with Crippen molar-refractivity contribution in [2.45, 2.75) is 32.3 Å². The molecule has 3 amide bonds. The highest BCUT2D eigenvalue weighted by Crippen LogP contribution is 2.39. The van der Waals surface area contributed by atoms with E-state index >= 15 is 0 Å². The molecule has 2 aromatic carbocycles. The lowest BCUT2D eigenvalue weighted by molar-refractivity contribution is -0.384. The second-order valence-electron chi connectivity index (χ2n) is 8.81. The zero-order chi connectivity index (χ0) is 27.2. The van der Waals surface area contributed by atoms with Crippen LogP contribution in [-0.4, -0.2) is 58.5 Å². The van der Waals surface area contributed by atoms with Gasteiger partial charge in [-0.1, -0.05) is 36.6 Å². The van der Waals surface area contributed by atoms with Gasteiger partial charge in [-0.2, -0.15) is 0 Å². The molecule has 10 nitrogen and oxygen atoms in total.